The molecule has 4 rings (SSSR count). The number of anilines is 1. The minimum absolute atomic E-state index is 0.00432. The van der Waals surface area contributed by atoms with Crippen molar-refractivity contribution in [3.05, 3.63) is 60.2 Å². The largest absolute Gasteiger partial charge is 0.283 e. The first-order valence-electron chi connectivity index (χ1n) is 7.26. The molecule has 1 aromatic heterocycles. The summed E-state index contributed by atoms with van der Waals surface area (Å²) in [6, 6.07) is 17.5. The third-order valence-corrected chi connectivity index (χ3v) is 5.20. The van der Waals surface area contributed by atoms with Crippen LogP contribution >= 0.6 is 0 Å². The van der Waals surface area contributed by atoms with Crippen LogP contribution in [0.25, 0.3) is 22.5 Å². The van der Waals surface area contributed by atoms with Crippen LogP contribution in [-0.2, 0) is 22.8 Å². The van der Waals surface area contributed by atoms with E-state index in [1.165, 1.54) is 0 Å². The zero-order valence-electron chi connectivity index (χ0n) is 12.5. The van der Waals surface area contributed by atoms with E-state index in [1.54, 1.807) is 10.7 Å². The molecule has 23 heavy (non-hydrogen) atoms. The molecule has 0 aliphatic carbocycles. The highest BCUT2D eigenvalue weighted by Crippen LogP contribution is 2.36. The number of hydrogen-bond donors (Lipinski definition) is 1. The highest BCUT2D eigenvalue weighted by molar-refractivity contribution is 7.92. The van der Waals surface area contributed by atoms with Crippen LogP contribution in [0.2, 0.25) is 0 Å². The second-order valence-electron chi connectivity index (χ2n) is 5.60. The first kappa shape index (κ1) is 14.0. The Bertz CT molecular complexity index is 992. The Hall–Kier alpha value is -2.60. The molecule has 116 valence electrons. The van der Waals surface area contributed by atoms with Crippen molar-refractivity contribution in [2.24, 2.45) is 7.05 Å². The highest BCUT2D eigenvalue weighted by atomic mass is 32.2. The number of benzene rings is 2. The SMILES string of the molecule is Cn1nc(-c2ccccc2)cc1-c1cccc2c1CS(=O)(=O)N2. The first-order valence-corrected chi connectivity index (χ1v) is 8.91. The van der Waals surface area contributed by atoms with Gasteiger partial charge in [-0.25, -0.2) is 8.42 Å². The zero-order valence-corrected chi connectivity index (χ0v) is 13.3. The minimum atomic E-state index is -3.27. The average molecular weight is 325 g/mol. The second-order valence-corrected chi connectivity index (χ2v) is 7.32. The van der Waals surface area contributed by atoms with Gasteiger partial charge in [-0.05, 0) is 12.1 Å². The number of hydrogen-bond acceptors (Lipinski definition) is 3. The summed E-state index contributed by atoms with van der Waals surface area (Å²) in [5.74, 6) is 0.00432. The molecule has 0 bridgehead atoms. The van der Waals surface area contributed by atoms with E-state index in [2.05, 4.69) is 9.82 Å². The number of nitrogens with zero attached hydrogens (tertiary/aromatic N) is 2. The molecule has 0 atom stereocenters. The molecule has 1 N–H and O–H groups in total. The van der Waals surface area contributed by atoms with Crippen molar-refractivity contribution in [1.82, 2.24) is 9.78 Å². The molecule has 0 radical (unpaired) electrons. The zero-order chi connectivity index (χ0) is 16.0. The van der Waals surface area contributed by atoms with Gasteiger partial charge >= 0.3 is 0 Å². The quantitative estimate of drug-likeness (QED) is 0.788. The van der Waals surface area contributed by atoms with Gasteiger partial charge in [0.15, 0.2) is 0 Å². The summed E-state index contributed by atoms with van der Waals surface area (Å²) in [6.45, 7) is 0. The van der Waals surface area contributed by atoms with Gasteiger partial charge in [0, 0.05) is 23.7 Å². The summed E-state index contributed by atoms with van der Waals surface area (Å²) in [7, 11) is -1.40. The lowest BCUT2D eigenvalue weighted by atomic mass is 10.0. The molecule has 0 saturated carbocycles. The molecule has 0 fully saturated rings. The predicted molar refractivity (Wildman–Crippen MR) is 90.3 cm³/mol. The third kappa shape index (κ3) is 2.41. The Morgan fingerprint density at radius 2 is 1.87 bits per heavy atom. The standard InChI is InChI=1S/C17H15N3O2S/c1-20-17(10-16(18-20)12-6-3-2-4-7-12)13-8-5-9-15-14(13)11-23(21,22)19-15/h2-10,19H,11H2,1H3. The Labute approximate surface area is 134 Å². The van der Waals surface area contributed by atoms with Gasteiger partial charge in [-0.2, -0.15) is 5.10 Å². The van der Waals surface area contributed by atoms with Gasteiger partial charge in [-0.1, -0.05) is 42.5 Å². The first-order chi connectivity index (χ1) is 11.0. The molecule has 1 aliphatic heterocycles. The molecule has 2 aromatic carbocycles. The maximum Gasteiger partial charge on any atom is 0.237 e. The van der Waals surface area contributed by atoms with E-state index in [-0.39, 0.29) is 5.75 Å². The molecule has 3 aromatic rings. The van der Waals surface area contributed by atoms with Crippen LogP contribution in [0.5, 0.6) is 0 Å². The topological polar surface area (TPSA) is 64.0 Å². The fourth-order valence-corrected chi connectivity index (χ4v) is 4.23. The van der Waals surface area contributed by atoms with Gasteiger partial charge in [-0.3, -0.25) is 9.40 Å². The van der Waals surface area contributed by atoms with Crippen LogP contribution in [0.15, 0.2) is 54.6 Å². The Morgan fingerprint density at radius 3 is 2.65 bits per heavy atom. The number of rotatable bonds is 2. The predicted octanol–water partition coefficient (Wildman–Crippen LogP) is 3.01. The van der Waals surface area contributed by atoms with Crippen molar-refractivity contribution in [2.75, 3.05) is 4.72 Å². The third-order valence-electron chi connectivity index (χ3n) is 4.00. The van der Waals surface area contributed by atoms with Gasteiger partial charge in [0.1, 0.15) is 0 Å². The van der Waals surface area contributed by atoms with Gasteiger partial charge in [0.05, 0.1) is 22.8 Å². The van der Waals surface area contributed by atoms with Crippen molar-refractivity contribution in [2.45, 2.75) is 5.75 Å². The van der Waals surface area contributed by atoms with Crippen LogP contribution in [0.4, 0.5) is 5.69 Å². The minimum Gasteiger partial charge on any atom is -0.283 e. The number of fused-ring (bicyclic) bond motifs is 1. The Morgan fingerprint density at radius 1 is 1.09 bits per heavy atom. The average Bonchev–Trinajstić information content (AvgIpc) is 3.06. The summed E-state index contributed by atoms with van der Waals surface area (Å²) in [5.41, 5.74) is 5.16. The van der Waals surface area contributed by atoms with E-state index < -0.39 is 10.0 Å². The highest BCUT2D eigenvalue weighted by Gasteiger charge is 2.27. The number of aromatic nitrogens is 2. The Kier molecular flexibility index (Phi) is 3.02. The van der Waals surface area contributed by atoms with Crippen LogP contribution < -0.4 is 4.72 Å². The summed E-state index contributed by atoms with van der Waals surface area (Å²) in [6.07, 6.45) is 0. The number of sulfonamides is 1. The van der Waals surface area contributed by atoms with E-state index >= 15 is 0 Å². The van der Waals surface area contributed by atoms with Crippen molar-refractivity contribution < 1.29 is 8.42 Å². The normalized spacial score (nSPS) is 15.2. The van der Waals surface area contributed by atoms with E-state index in [4.69, 9.17) is 0 Å². The fourth-order valence-electron chi connectivity index (χ4n) is 2.94. The van der Waals surface area contributed by atoms with Crippen molar-refractivity contribution in [3.63, 3.8) is 0 Å². The Balaban J connectivity index is 1.85. The lowest BCUT2D eigenvalue weighted by Crippen LogP contribution is -2.05. The molecule has 0 saturated heterocycles. The van der Waals surface area contributed by atoms with Crippen LogP contribution in [-0.4, -0.2) is 18.2 Å². The molecule has 2 heterocycles. The number of aryl methyl sites for hydroxylation is 1. The van der Waals surface area contributed by atoms with E-state index in [1.807, 2.05) is 55.6 Å². The molecule has 5 nitrogen and oxygen atoms in total. The van der Waals surface area contributed by atoms with E-state index in [0.29, 0.717) is 5.69 Å². The molecular weight excluding hydrogens is 310 g/mol. The van der Waals surface area contributed by atoms with Gasteiger partial charge in [0.25, 0.3) is 0 Å². The lowest BCUT2D eigenvalue weighted by molar-refractivity contribution is 0.602. The maximum absolute atomic E-state index is 11.8. The van der Waals surface area contributed by atoms with Gasteiger partial charge in [0.2, 0.25) is 10.0 Å². The van der Waals surface area contributed by atoms with Crippen molar-refractivity contribution >= 4 is 15.7 Å². The lowest BCUT2D eigenvalue weighted by Gasteiger charge is -2.06. The fraction of sp³-hybridized carbons (Fsp3) is 0.118. The van der Waals surface area contributed by atoms with Crippen LogP contribution in [0.1, 0.15) is 5.56 Å². The number of nitrogens with one attached hydrogen (secondary N) is 1. The van der Waals surface area contributed by atoms with Crippen molar-refractivity contribution in [1.29, 1.82) is 0 Å². The second kappa shape index (κ2) is 4.96. The molecule has 0 spiro atoms. The summed E-state index contributed by atoms with van der Waals surface area (Å²) in [5, 5.41) is 4.57. The monoisotopic (exact) mass is 325 g/mol. The van der Waals surface area contributed by atoms with Gasteiger partial charge < -0.3 is 0 Å². The van der Waals surface area contributed by atoms with Crippen LogP contribution in [0.3, 0.4) is 0 Å². The molecule has 0 amide bonds. The van der Waals surface area contributed by atoms with Crippen molar-refractivity contribution in [3.8, 4) is 22.5 Å². The molecular formula is C17H15N3O2S. The van der Waals surface area contributed by atoms with E-state index in [0.717, 1.165) is 28.1 Å². The smallest absolute Gasteiger partial charge is 0.237 e. The molecule has 1 aliphatic rings. The summed E-state index contributed by atoms with van der Waals surface area (Å²) < 4.78 is 28.1. The molecule has 0 unspecified atom stereocenters. The maximum atomic E-state index is 11.8. The van der Waals surface area contributed by atoms with E-state index in [9.17, 15) is 8.42 Å². The summed E-state index contributed by atoms with van der Waals surface area (Å²) >= 11 is 0. The summed E-state index contributed by atoms with van der Waals surface area (Å²) in [4.78, 5) is 0. The van der Waals surface area contributed by atoms with Gasteiger partial charge in [-0.15, -0.1) is 0 Å². The van der Waals surface area contributed by atoms with Crippen LogP contribution in [0, 0.1) is 0 Å². The molecule has 6 heteroatoms.